The fourth-order valence-corrected chi connectivity index (χ4v) is 4.36. The number of carbonyl (C=O) groups excluding carboxylic acids is 2. The van der Waals surface area contributed by atoms with Crippen LogP contribution in [-0.2, 0) is 9.53 Å². The average molecular weight is 458 g/mol. The highest BCUT2D eigenvalue weighted by Gasteiger charge is 2.16. The first-order chi connectivity index (χ1) is 15.0. The molecule has 1 amide bonds. The molecule has 0 radical (unpaired) electrons. The molecule has 31 heavy (non-hydrogen) atoms. The number of ether oxygens (including phenoxy) is 1. The summed E-state index contributed by atoms with van der Waals surface area (Å²) in [4.78, 5) is 35.0. The molecule has 0 atom stereocenters. The van der Waals surface area contributed by atoms with Gasteiger partial charge in [-0.15, -0.1) is 10.2 Å². The zero-order chi connectivity index (χ0) is 22.0. The number of rotatable bonds is 7. The topological polar surface area (TPSA) is 115 Å². The number of carbonyl (C=O) groups is 2. The summed E-state index contributed by atoms with van der Waals surface area (Å²) in [5, 5.41) is 12.6. The molecule has 0 aliphatic carbocycles. The van der Waals surface area contributed by atoms with Gasteiger partial charge in [0.2, 0.25) is 5.91 Å². The number of hydrogen-bond donors (Lipinski definition) is 1. The number of thiazole rings is 1. The van der Waals surface area contributed by atoms with Crippen LogP contribution in [0.2, 0.25) is 0 Å². The van der Waals surface area contributed by atoms with Crippen LogP contribution >= 0.6 is 23.1 Å². The van der Waals surface area contributed by atoms with Crippen molar-refractivity contribution in [3.8, 4) is 0 Å². The largest absolute Gasteiger partial charge is 0.462 e. The molecule has 12 heteroatoms. The second-order valence-electron chi connectivity index (χ2n) is 6.60. The van der Waals surface area contributed by atoms with Crippen LogP contribution in [0.1, 0.15) is 17.3 Å². The maximum atomic E-state index is 12.4. The molecular formula is C19H19N7O3S2. The Labute approximate surface area is 185 Å². The predicted molar refractivity (Wildman–Crippen MR) is 120 cm³/mol. The number of fused-ring (bicyclic) bond motifs is 3. The van der Waals surface area contributed by atoms with Gasteiger partial charge in [0.15, 0.2) is 21.6 Å². The Kier molecular flexibility index (Phi) is 6.00. The summed E-state index contributed by atoms with van der Waals surface area (Å²) < 4.78 is 7.57. The lowest BCUT2D eigenvalue weighted by atomic mass is 10.2. The Morgan fingerprint density at radius 3 is 2.90 bits per heavy atom. The molecule has 3 aromatic heterocycles. The lowest BCUT2D eigenvalue weighted by Gasteiger charge is -2.07. The minimum Gasteiger partial charge on any atom is -0.462 e. The van der Waals surface area contributed by atoms with E-state index in [1.165, 1.54) is 23.1 Å². The van der Waals surface area contributed by atoms with Crippen LogP contribution in [0.25, 0.3) is 16.0 Å². The number of aromatic nitrogens is 5. The van der Waals surface area contributed by atoms with E-state index in [1.54, 1.807) is 41.9 Å². The van der Waals surface area contributed by atoms with Crippen molar-refractivity contribution in [2.45, 2.75) is 12.1 Å². The van der Waals surface area contributed by atoms with E-state index in [4.69, 9.17) is 4.74 Å². The fourth-order valence-electron chi connectivity index (χ4n) is 2.74. The number of nitrogens with one attached hydrogen (secondary N) is 1. The SMILES string of the molecule is CCOC(=O)c1cccc(NC(=O)CSc2nnc3c4sc(N(C)C)nc4ncn23)c1. The fraction of sp³-hybridized carbons (Fsp3) is 0.263. The highest BCUT2D eigenvalue weighted by Crippen LogP contribution is 2.30. The zero-order valence-corrected chi connectivity index (χ0v) is 18.7. The van der Waals surface area contributed by atoms with Crippen LogP contribution in [0.5, 0.6) is 0 Å². The number of nitrogens with zero attached hydrogens (tertiary/aromatic N) is 6. The van der Waals surface area contributed by atoms with Crippen molar-refractivity contribution < 1.29 is 14.3 Å². The average Bonchev–Trinajstić information content (AvgIpc) is 3.36. The van der Waals surface area contributed by atoms with Gasteiger partial charge in [0.25, 0.3) is 0 Å². The van der Waals surface area contributed by atoms with E-state index in [9.17, 15) is 9.59 Å². The van der Waals surface area contributed by atoms with Crippen LogP contribution < -0.4 is 10.2 Å². The van der Waals surface area contributed by atoms with Crippen molar-refractivity contribution in [3.05, 3.63) is 36.2 Å². The molecule has 0 saturated carbocycles. The van der Waals surface area contributed by atoms with Gasteiger partial charge in [-0.05, 0) is 25.1 Å². The molecule has 1 aromatic carbocycles. The highest BCUT2D eigenvalue weighted by molar-refractivity contribution is 7.99. The molecule has 0 unspecified atom stereocenters. The summed E-state index contributed by atoms with van der Waals surface area (Å²) in [5.41, 5.74) is 2.17. The molecule has 4 aromatic rings. The van der Waals surface area contributed by atoms with Gasteiger partial charge in [0.05, 0.1) is 17.9 Å². The molecular weight excluding hydrogens is 438 g/mol. The standard InChI is InChI=1S/C19H19N7O3S2/c1-4-29-17(28)11-6-5-7-12(8-11)21-13(27)9-30-19-24-23-16-14-15(20-10-26(16)19)22-18(31-14)25(2)3/h5-8,10H,4,9H2,1-3H3,(H,21,27). The number of benzene rings is 1. The molecule has 0 bridgehead atoms. The Hall–Kier alpha value is -3.25. The maximum Gasteiger partial charge on any atom is 0.338 e. The summed E-state index contributed by atoms with van der Waals surface area (Å²) >= 11 is 2.73. The minimum absolute atomic E-state index is 0.119. The molecule has 4 rings (SSSR count). The van der Waals surface area contributed by atoms with Gasteiger partial charge in [-0.25, -0.2) is 9.78 Å². The molecule has 10 nitrogen and oxygen atoms in total. The van der Waals surface area contributed by atoms with Crippen LogP contribution in [0, 0.1) is 0 Å². The van der Waals surface area contributed by atoms with Gasteiger partial charge >= 0.3 is 5.97 Å². The van der Waals surface area contributed by atoms with E-state index in [1.807, 2.05) is 19.0 Å². The Balaban J connectivity index is 1.45. The van der Waals surface area contributed by atoms with E-state index >= 15 is 0 Å². The second-order valence-corrected chi connectivity index (χ2v) is 8.52. The summed E-state index contributed by atoms with van der Waals surface area (Å²) in [6.45, 7) is 2.03. The Morgan fingerprint density at radius 1 is 1.29 bits per heavy atom. The van der Waals surface area contributed by atoms with Crippen molar-refractivity contribution in [1.82, 2.24) is 24.6 Å². The Bertz CT molecular complexity index is 1270. The summed E-state index contributed by atoms with van der Waals surface area (Å²) in [6, 6.07) is 6.62. The van der Waals surface area contributed by atoms with Crippen molar-refractivity contribution >= 4 is 61.8 Å². The van der Waals surface area contributed by atoms with Crippen molar-refractivity contribution in [1.29, 1.82) is 0 Å². The van der Waals surface area contributed by atoms with Crippen molar-refractivity contribution in [2.24, 2.45) is 0 Å². The monoisotopic (exact) mass is 457 g/mol. The highest BCUT2D eigenvalue weighted by atomic mass is 32.2. The van der Waals surface area contributed by atoms with E-state index in [-0.39, 0.29) is 18.3 Å². The third kappa shape index (κ3) is 4.44. The lowest BCUT2D eigenvalue weighted by molar-refractivity contribution is -0.113. The van der Waals surface area contributed by atoms with Gasteiger partial charge in [0.1, 0.15) is 11.0 Å². The van der Waals surface area contributed by atoms with E-state index in [2.05, 4.69) is 25.5 Å². The van der Waals surface area contributed by atoms with Gasteiger partial charge in [-0.1, -0.05) is 29.2 Å². The smallest absolute Gasteiger partial charge is 0.338 e. The second kappa shape index (κ2) is 8.86. The number of amides is 1. The first-order valence-electron chi connectivity index (χ1n) is 9.33. The summed E-state index contributed by atoms with van der Waals surface area (Å²) in [6.07, 6.45) is 1.61. The molecule has 1 N–H and O–H groups in total. The molecule has 0 aliphatic rings. The molecule has 0 saturated heterocycles. The van der Waals surface area contributed by atoms with Crippen molar-refractivity contribution in [3.63, 3.8) is 0 Å². The Morgan fingerprint density at radius 2 is 2.13 bits per heavy atom. The molecule has 3 heterocycles. The van der Waals surface area contributed by atoms with E-state index < -0.39 is 5.97 Å². The number of thioether (sulfide) groups is 1. The van der Waals surface area contributed by atoms with Crippen molar-refractivity contribution in [2.75, 3.05) is 36.7 Å². The third-order valence-electron chi connectivity index (χ3n) is 4.13. The number of esters is 1. The zero-order valence-electron chi connectivity index (χ0n) is 17.0. The molecule has 0 fully saturated rings. The van der Waals surface area contributed by atoms with Gasteiger partial charge in [-0.3, -0.25) is 9.20 Å². The first-order valence-corrected chi connectivity index (χ1v) is 11.1. The molecule has 0 spiro atoms. The predicted octanol–water partition coefficient (Wildman–Crippen LogP) is 2.71. The van der Waals surface area contributed by atoms with E-state index in [0.29, 0.717) is 27.7 Å². The molecule has 0 aliphatic heterocycles. The van der Waals surface area contributed by atoms with Crippen LogP contribution in [0.3, 0.4) is 0 Å². The van der Waals surface area contributed by atoms with E-state index in [0.717, 1.165) is 9.83 Å². The van der Waals surface area contributed by atoms with Gasteiger partial charge < -0.3 is 15.0 Å². The van der Waals surface area contributed by atoms with Gasteiger partial charge in [0, 0.05) is 19.8 Å². The maximum absolute atomic E-state index is 12.4. The van der Waals surface area contributed by atoms with Gasteiger partial charge in [-0.2, -0.15) is 4.98 Å². The quantitative estimate of drug-likeness (QED) is 0.330. The number of hydrogen-bond acceptors (Lipinski definition) is 10. The van der Waals surface area contributed by atoms with Crippen LogP contribution in [-0.4, -0.2) is 62.9 Å². The minimum atomic E-state index is -0.429. The van der Waals surface area contributed by atoms with Crippen LogP contribution in [0.15, 0.2) is 35.7 Å². The summed E-state index contributed by atoms with van der Waals surface area (Å²) in [7, 11) is 3.84. The van der Waals surface area contributed by atoms with Crippen LogP contribution in [0.4, 0.5) is 10.8 Å². The third-order valence-corrected chi connectivity index (χ3v) is 6.28. The normalized spacial score (nSPS) is 11.1. The summed E-state index contributed by atoms with van der Waals surface area (Å²) in [5.74, 6) is -0.541. The first kappa shape index (κ1) is 21.0. The lowest BCUT2D eigenvalue weighted by Crippen LogP contribution is -2.15. The number of anilines is 2. The molecule has 160 valence electrons.